The highest BCUT2D eigenvalue weighted by Gasteiger charge is 2.47. The third-order valence-electron chi connectivity index (χ3n) is 5.32. The van der Waals surface area contributed by atoms with E-state index in [9.17, 15) is 27.5 Å². The van der Waals surface area contributed by atoms with Crippen LogP contribution in [0.25, 0.3) is 5.76 Å². The second kappa shape index (κ2) is 8.23. The number of aliphatic hydroxyl groups excluding tert-OH is 1. The van der Waals surface area contributed by atoms with Crippen molar-refractivity contribution >= 4 is 33.2 Å². The van der Waals surface area contributed by atoms with Crippen LogP contribution in [0.2, 0.25) is 0 Å². The largest absolute Gasteiger partial charge is 0.507 e. The minimum absolute atomic E-state index is 0.164. The lowest BCUT2D eigenvalue weighted by Gasteiger charge is -2.25. The number of ketones is 1. The van der Waals surface area contributed by atoms with Crippen molar-refractivity contribution in [2.45, 2.75) is 17.9 Å². The Labute approximate surface area is 188 Å². The molecule has 1 aliphatic rings. The molecule has 0 saturated carbocycles. The van der Waals surface area contributed by atoms with Crippen LogP contribution in [0.15, 0.2) is 77.5 Å². The van der Waals surface area contributed by atoms with E-state index in [4.69, 9.17) is 5.14 Å². The van der Waals surface area contributed by atoms with E-state index in [0.29, 0.717) is 5.56 Å². The van der Waals surface area contributed by atoms with E-state index in [1.54, 1.807) is 12.1 Å². The van der Waals surface area contributed by atoms with Crippen LogP contribution in [-0.4, -0.2) is 30.2 Å². The molecule has 8 nitrogen and oxygen atoms in total. The van der Waals surface area contributed by atoms with E-state index in [2.05, 4.69) is 4.98 Å². The van der Waals surface area contributed by atoms with Gasteiger partial charge in [0.25, 0.3) is 11.7 Å². The van der Waals surface area contributed by atoms with Gasteiger partial charge in [-0.25, -0.2) is 17.9 Å². The highest BCUT2D eigenvalue weighted by Crippen LogP contribution is 2.42. The highest BCUT2D eigenvalue weighted by molar-refractivity contribution is 7.89. The first-order valence-electron chi connectivity index (χ1n) is 9.70. The Kier molecular flexibility index (Phi) is 5.56. The zero-order chi connectivity index (χ0) is 23.9. The summed E-state index contributed by atoms with van der Waals surface area (Å²) in [6.07, 6.45) is 2.96. The smallest absolute Gasteiger partial charge is 0.300 e. The number of carbonyl (C=O) groups excluding carboxylic acids is 2. The predicted octanol–water partition coefficient (Wildman–Crippen LogP) is 2.80. The van der Waals surface area contributed by atoms with E-state index < -0.39 is 39.3 Å². The van der Waals surface area contributed by atoms with Crippen molar-refractivity contribution < 1.29 is 27.5 Å². The number of hydrogen-bond donors (Lipinski definition) is 2. The van der Waals surface area contributed by atoms with Crippen LogP contribution in [0, 0.1) is 12.7 Å². The fourth-order valence-electron chi connectivity index (χ4n) is 3.70. The van der Waals surface area contributed by atoms with Gasteiger partial charge in [-0.1, -0.05) is 6.07 Å². The second-order valence-corrected chi connectivity index (χ2v) is 9.02. The summed E-state index contributed by atoms with van der Waals surface area (Å²) in [5.74, 6) is -2.81. The molecule has 1 aliphatic heterocycles. The van der Waals surface area contributed by atoms with Crippen LogP contribution in [-0.2, 0) is 19.6 Å². The fourth-order valence-corrected chi connectivity index (χ4v) is 4.21. The molecule has 10 heteroatoms. The molecule has 1 fully saturated rings. The summed E-state index contributed by atoms with van der Waals surface area (Å²) in [6, 6.07) is 11.2. The zero-order valence-electron chi connectivity index (χ0n) is 17.3. The van der Waals surface area contributed by atoms with E-state index in [1.807, 2.05) is 0 Å². The number of pyridine rings is 1. The van der Waals surface area contributed by atoms with Crippen LogP contribution < -0.4 is 10.0 Å². The van der Waals surface area contributed by atoms with Crippen molar-refractivity contribution in [2.75, 3.05) is 4.90 Å². The molecule has 2 heterocycles. The number of sulfonamides is 1. The summed E-state index contributed by atoms with van der Waals surface area (Å²) in [7, 11) is -3.96. The van der Waals surface area contributed by atoms with Gasteiger partial charge in [-0.3, -0.25) is 19.5 Å². The highest BCUT2D eigenvalue weighted by atomic mass is 32.2. The number of nitrogens with two attached hydrogens (primary N) is 1. The molecular weight excluding hydrogens is 449 g/mol. The standard InChI is InChI=1S/C23H18FN3O5S/c1-13-11-14(4-9-18(13)24)21(28)19-20(15-3-2-10-26-12-15)27(23(30)22(19)29)16-5-7-17(8-6-16)33(25,31)32/h2-12,20,28H,1H3,(H2,25,31,32)/b21-19+. The quantitative estimate of drug-likeness (QED) is 0.345. The Balaban J connectivity index is 1.92. The van der Waals surface area contributed by atoms with Crippen molar-refractivity contribution in [3.63, 3.8) is 0 Å². The molecule has 0 bridgehead atoms. The predicted molar refractivity (Wildman–Crippen MR) is 118 cm³/mol. The van der Waals surface area contributed by atoms with Crippen molar-refractivity contribution in [3.05, 3.63) is 95.1 Å². The maximum absolute atomic E-state index is 13.7. The molecule has 3 N–H and O–H groups in total. The maximum Gasteiger partial charge on any atom is 0.300 e. The van der Waals surface area contributed by atoms with Crippen LogP contribution in [0.5, 0.6) is 0 Å². The Hall–Kier alpha value is -3.89. The monoisotopic (exact) mass is 467 g/mol. The number of carbonyl (C=O) groups is 2. The van der Waals surface area contributed by atoms with Gasteiger partial charge in [0.1, 0.15) is 11.6 Å². The van der Waals surface area contributed by atoms with Crippen molar-refractivity contribution in [1.29, 1.82) is 0 Å². The number of Topliss-reactive ketones (excluding diaryl/α,β-unsaturated/α-hetero) is 1. The molecule has 1 amide bonds. The molecule has 1 unspecified atom stereocenters. The molecule has 1 aromatic heterocycles. The van der Waals surface area contributed by atoms with Crippen molar-refractivity contribution in [3.8, 4) is 0 Å². The number of primary sulfonamides is 1. The van der Waals surface area contributed by atoms with Gasteiger partial charge >= 0.3 is 0 Å². The second-order valence-electron chi connectivity index (χ2n) is 7.46. The van der Waals surface area contributed by atoms with Gasteiger partial charge < -0.3 is 5.11 Å². The average molecular weight is 467 g/mol. The summed E-state index contributed by atoms with van der Waals surface area (Å²) >= 11 is 0. The minimum atomic E-state index is -3.96. The van der Waals surface area contributed by atoms with Gasteiger partial charge in [-0.2, -0.15) is 0 Å². The molecule has 1 saturated heterocycles. The molecule has 33 heavy (non-hydrogen) atoms. The number of aliphatic hydroxyl groups is 1. The summed E-state index contributed by atoms with van der Waals surface area (Å²) in [4.78, 5) is 31.1. The first-order chi connectivity index (χ1) is 15.6. The minimum Gasteiger partial charge on any atom is -0.507 e. The first-order valence-corrected chi connectivity index (χ1v) is 11.2. The Bertz CT molecular complexity index is 1400. The Morgan fingerprint density at radius 3 is 2.39 bits per heavy atom. The number of rotatable bonds is 4. The number of benzene rings is 2. The molecule has 168 valence electrons. The Morgan fingerprint density at radius 1 is 1.12 bits per heavy atom. The van der Waals surface area contributed by atoms with E-state index in [1.165, 1.54) is 55.7 Å². The maximum atomic E-state index is 13.7. The fraction of sp³-hybridized carbons (Fsp3) is 0.0870. The molecule has 0 spiro atoms. The van der Waals surface area contributed by atoms with E-state index >= 15 is 0 Å². The summed E-state index contributed by atoms with van der Waals surface area (Å²) in [5, 5.41) is 16.2. The Morgan fingerprint density at radius 2 is 1.82 bits per heavy atom. The van der Waals surface area contributed by atoms with Crippen molar-refractivity contribution in [2.24, 2.45) is 5.14 Å². The number of aromatic nitrogens is 1. The lowest BCUT2D eigenvalue weighted by atomic mass is 9.95. The van der Waals surface area contributed by atoms with Crippen LogP contribution in [0.4, 0.5) is 10.1 Å². The first kappa shape index (κ1) is 22.3. The van der Waals surface area contributed by atoms with Gasteiger partial charge in [0.15, 0.2) is 0 Å². The van der Waals surface area contributed by atoms with Gasteiger partial charge in [0, 0.05) is 23.6 Å². The molecule has 2 aromatic carbocycles. The van der Waals surface area contributed by atoms with Gasteiger partial charge in [0.05, 0.1) is 16.5 Å². The summed E-state index contributed by atoms with van der Waals surface area (Å²) < 4.78 is 36.9. The molecular formula is C23H18FN3O5S. The molecule has 1 atom stereocenters. The van der Waals surface area contributed by atoms with E-state index in [0.717, 1.165) is 11.0 Å². The van der Waals surface area contributed by atoms with Crippen molar-refractivity contribution in [1.82, 2.24) is 4.98 Å². The van der Waals surface area contributed by atoms with E-state index in [-0.39, 0.29) is 27.3 Å². The van der Waals surface area contributed by atoms with Gasteiger partial charge in [0.2, 0.25) is 10.0 Å². The normalized spacial score (nSPS) is 18.0. The summed E-state index contributed by atoms with van der Waals surface area (Å²) in [6.45, 7) is 1.51. The average Bonchev–Trinajstić information content (AvgIpc) is 3.06. The number of anilines is 1. The third-order valence-corrected chi connectivity index (χ3v) is 6.25. The van der Waals surface area contributed by atoms with Gasteiger partial charge in [-0.15, -0.1) is 0 Å². The number of hydrogen-bond acceptors (Lipinski definition) is 6. The summed E-state index contributed by atoms with van der Waals surface area (Å²) in [5.41, 5.74) is 0.880. The molecule has 4 rings (SSSR count). The third kappa shape index (κ3) is 4.01. The lowest BCUT2D eigenvalue weighted by molar-refractivity contribution is -0.132. The number of amides is 1. The lowest BCUT2D eigenvalue weighted by Crippen LogP contribution is -2.29. The molecule has 0 aliphatic carbocycles. The van der Waals surface area contributed by atoms with Crippen LogP contribution >= 0.6 is 0 Å². The number of halogens is 1. The number of nitrogens with zero attached hydrogens (tertiary/aromatic N) is 2. The topological polar surface area (TPSA) is 131 Å². The zero-order valence-corrected chi connectivity index (χ0v) is 18.1. The SMILES string of the molecule is Cc1cc(/C(O)=C2\C(=O)C(=O)N(c3ccc(S(N)(=O)=O)cc3)C2c2cccnc2)ccc1F. The molecule has 3 aromatic rings. The molecule has 0 radical (unpaired) electrons. The number of aryl methyl sites for hydroxylation is 1. The van der Waals surface area contributed by atoms with Gasteiger partial charge in [-0.05, 0) is 66.6 Å². The van der Waals surface area contributed by atoms with Crippen LogP contribution in [0.3, 0.4) is 0 Å². The van der Waals surface area contributed by atoms with Crippen LogP contribution in [0.1, 0.15) is 22.7 Å².